The summed E-state index contributed by atoms with van der Waals surface area (Å²) in [6.07, 6.45) is 7.34. The highest BCUT2D eigenvalue weighted by Crippen LogP contribution is 2.33. The Morgan fingerprint density at radius 1 is 1.38 bits per heavy atom. The summed E-state index contributed by atoms with van der Waals surface area (Å²) in [5.41, 5.74) is 1.13. The van der Waals surface area contributed by atoms with E-state index in [-0.39, 0.29) is 0 Å². The normalized spacial score (nSPS) is 15.0. The van der Waals surface area contributed by atoms with E-state index in [2.05, 4.69) is 35.9 Å². The van der Waals surface area contributed by atoms with Crippen molar-refractivity contribution in [3.8, 4) is 0 Å². The highest BCUT2D eigenvalue weighted by Gasteiger charge is 2.23. The molecule has 0 saturated heterocycles. The minimum Gasteiger partial charge on any atom is -0.269 e. The molecule has 13 heavy (non-hydrogen) atoms. The van der Waals surface area contributed by atoms with Gasteiger partial charge < -0.3 is 0 Å². The Labute approximate surface area is 81.0 Å². The van der Waals surface area contributed by atoms with Crippen LogP contribution in [-0.4, -0.2) is 9.78 Å². The molecule has 2 rings (SSSR count). The lowest BCUT2D eigenvalue weighted by Crippen LogP contribution is -1.93. The Bertz CT molecular complexity index is 234. The van der Waals surface area contributed by atoms with Crippen molar-refractivity contribution in [2.45, 2.75) is 52.5 Å². The van der Waals surface area contributed by atoms with Crippen LogP contribution in [0.5, 0.6) is 0 Å². The lowest BCUT2D eigenvalue weighted by Gasteiger charge is -1.92. The van der Waals surface area contributed by atoms with Crippen molar-refractivity contribution in [1.82, 2.24) is 9.78 Å². The summed E-state index contributed by atoms with van der Waals surface area (Å²) in [7, 11) is 0. The van der Waals surface area contributed by atoms with Crippen LogP contribution < -0.4 is 0 Å². The zero-order valence-corrected chi connectivity index (χ0v) is 8.95. The summed E-state index contributed by atoms with van der Waals surface area (Å²) in [6.45, 7) is 6.39. The molecule has 1 aliphatic carbocycles. The summed E-state index contributed by atoms with van der Waals surface area (Å²) >= 11 is 0. The third kappa shape index (κ3) is 3.62. The Morgan fingerprint density at radius 2 is 2.00 bits per heavy atom. The molecule has 0 bridgehead atoms. The van der Waals surface area contributed by atoms with Gasteiger partial charge >= 0.3 is 0 Å². The number of nitrogens with zero attached hydrogens (tertiary/aromatic N) is 2. The number of rotatable bonds is 2. The second-order valence-corrected chi connectivity index (χ2v) is 3.67. The van der Waals surface area contributed by atoms with Crippen molar-refractivity contribution in [2.75, 3.05) is 0 Å². The van der Waals surface area contributed by atoms with E-state index in [9.17, 15) is 0 Å². The molecular formula is C11H20N2. The van der Waals surface area contributed by atoms with Crippen molar-refractivity contribution in [3.05, 3.63) is 18.0 Å². The minimum absolute atomic E-state index is 0.735. The van der Waals surface area contributed by atoms with Gasteiger partial charge in [-0.1, -0.05) is 26.7 Å². The van der Waals surface area contributed by atoms with Crippen LogP contribution in [0.15, 0.2) is 12.3 Å². The van der Waals surface area contributed by atoms with Crippen molar-refractivity contribution >= 4 is 0 Å². The van der Waals surface area contributed by atoms with E-state index in [1.807, 2.05) is 6.92 Å². The van der Waals surface area contributed by atoms with Crippen molar-refractivity contribution < 1.29 is 0 Å². The van der Waals surface area contributed by atoms with Crippen molar-refractivity contribution in [1.29, 1.82) is 0 Å². The molecular weight excluding hydrogens is 160 g/mol. The van der Waals surface area contributed by atoms with Crippen LogP contribution >= 0.6 is 0 Å². The summed E-state index contributed by atoms with van der Waals surface area (Å²) in [5, 5.41) is 4.29. The molecule has 74 valence electrons. The second-order valence-electron chi connectivity index (χ2n) is 3.67. The van der Waals surface area contributed by atoms with Crippen molar-refractivity contribution in [2.24, 2.45) is 0 Å². The molecule has 2 heteroatoms. The van der Waals surface area contributed by atoms with Crippen LogP contribution in [0.25, 0.3) is 0 Å². The molecule has 0 radical (unpaired) electrons. The Kier molecular flexibility index (Phi) is 4.00. The van der Waals surface area contributed by atoms with E-state index in [0.29, 0.717) is 0 Å². The van der Waals surface area contributed by atoms with Gasteiger partial charge in [-0.15, -0.1) is 0 Å². The minimum atomic E-state index is 0.735. The fourth-order valence-electron chi connectivity index (χ4n) is 0.975. The van der Waals surface area contributed by atoms with Crippen LogP contribution in [0, 0.1) is 6.92 Å². The predicted molar refractivity (Wildman–Crippen MR) is 55.8 cm³/mol. The van der Waals surface area contributed by atoms with Gasteiger partial charge in [0.15, 0.2) is 0 Å². The van der Waals surface area contributed by atoms with Crippen molar-refractivity contribution in [3.63, 3.8) is 0 Å². The maximum Gasteiger partial charge on any atom is 0.0593 e. The summed E-state index contributed by atoms with van der Waals surface area (Å²) in [4.78, 5) is 0. The third-order valence-electron chi connectivity index (χ3n) is 2.16. The average Bonchev–Trinajstić information content (AvgIpc) is 2.91. The zero-order valence-electron chi connectivity index (χ0n) is 8.95. The maximum absolute atomic E-state index is 4.29. The van der Waals surface area contributed by atoms with Crippen LogP contribution in [0.4, 0.5) is 0 Å². The molecule has 0 amide bonds. The first kappa shape index (κ1) is 10.3. The number of hydrogen-bond donors (Lipinski definition) is 0. The fraction of sp³-hybridized carbons (Fsp3) is 0.727. The standard InChI is InChI=1S/C7H10N2.C4H10/c1-6-4-5-9(8-6)7-2-3-7;1-3-4-2/h4-5,7H,2-3H2,1H3;3-4H2,1-2H3. The van der Waals surface area contributed by atoms with E-state index in [1.165, 1.54) is 25.7 Å². The van der Waals surface area contributed by atoms with E-state index in [0.717, 1.165) is 11.7 Å². The van der Waals surface area contributed by atoms with Gasteiger partial charge in [-0.25, -0.2) is 0 Å². The molecule has 0 atom stereocenters. The van der Waals surface area contributed by atoms with E-state index >= 15 is 0 Å². The summed E-state index contributed by atoms with van der Waals surface area (Å²) in [5.74, 6) is 0. The van der Waals surface area contributed by atoms with Gasteiger partial charge in [0.25, 0.3) is 0 Å². The smallest absolute Gasteiger partial charge is 0.0593 e. The largest absolute Gasteiger partial charge is 0.269 e. The number of hydrogen-bond acceptors (Lipinski definition) is 1. The summed E-state index contributed by atoms with van der Waals surface area (Å²) < 4.78 is 2.06. The first-order chi connectivity index (χ1) is 6.27. The average molecular weight is 180 g/mol. The Balaban J connectivity index is 0.000000184. The number of unbranched alkanes of at least 4 members (excludes halogenated alkanes) is 1. The number of aryl methyl sites for hydroxylation is 1. The van der Waals surface area contributed by atoms with Gasteiger partial charge in [0.05, 0.1) is 11.7 Å². The van der Waals surface area contributed by atoms with Gasteiger partial charge in [-0.2, -0.15) is 5.10 Å². The first-order valence-electron chi connectivity index (χ1n) is 5.29. The van der Waals surface area contributed by atoms with Gasteiger partial charge in [-0.05, 0) is 25.8 Å². The molecule has 0 aliphatic heterocycles. The number of aromatic nitrogens is 2. The highest BCUT2D eigenvalue weighted by atomic mass is 15.3. The molecule has 1 saturated carbocycles. The lowest BCUT2D eigenvalue weighted by molar-refractivity contribution is 0.635. The lowest BCUT2D eigenvalue weighted by atomic mass is 10.4. The van der Waals surface area contributed by atoms with Gasteiger partial charge in [0, 0.05) is 6.20 Å². The van der Waals surface area contributed by atoms with E-state index < -0.39 is 0 Å². The quantitative estimate of drug-likeness (QED) is 0.682. The Hall–Kier alpha value is -0.790. The van der Waals surface area contributed by atoms with Crippen LogP contribution in [0.1, 0.15) is 51.3 Å². The van der Waals surface area contributed by atoms with E-state index in [4.69, 9.17) is 0 Å². The SMILES string of the molecule is CCCC.Cc1ccn(C2CC2)n1. The van der Waals surface area contributed by atoms with Gasteiger partial charge in [0.1, 0.15) is 0 Å². The van der Waals surface area contributed by atoms with Crippen LogP contribution in [0.3, 0.4) is 0 Å². The second kappa shape index (κ2) is 5.05. The highest BCUT2D eigenvalue weighted by molar-refractivity contribution is 4.97. The van der Waals surface area contributed by atoms with Gasteiger partial charge in [-0.3, -0.25) is 4.68 Å². The molecule has 1 aromatic rings. The molecule has 1 aromatic heterocycles. The third-order valence-corrected chi connectivity index (χ3v) is 2.16. The Morgan fingerprint density at radius 3 is 2.31 bits per heavy atom. The predicted octanol–water partition coefficient (Wildman–Crippen LogP) is 3.33. The summed E-state index contributed by atoms with van der Waals surface area (Å²) in [6, 6.07) is 2.79. The molecule has 1 heterocycles. The topological polar surface area (TPSA) is 17.8 Å². The maximum atomic E-state index is 4.29. The fourth-order valence-corrected chi connectivity index (χ4v) is 0.975. The molecule has 1 aliphatic rings. The van der Waals surface area contributed by atoms with Gasteiger partial charge in [0.2, 0.25) is 0 Å². The van der Waals surface area contributed by atoms with E-state index in [1.54, 1.807) is 0 Å². The molecule has 0 spiro atoms. The monoisotopic (exact) mass is 180 g/mol. The molecule has 0 unspecified atom stereocenters. The molecule has 0 aromatic carbocycles. The molecule has 1 fully saturated rings. The van der Waals surface area contributed by atoms with Crippen LogP contribution in [-0.2, 0) is 0 Å². The molecule has 0 N–H and O–H groups in total. The first-order valence-corrected chi connectivity index (χ1v) is 5.29. The van der Waals surface area contributed by atoms with Crippen LogP contribution in [0.2, 0.25) is 0 Å². The molecule has 2 nitrogen and oxygen atoms in total. The zero-order chi connectivity index (χ0) is 9.68.